The number of aromatic nitrogens is 3. The smallest absolute Gasteiger partial charge is 0.138 e. The van der Waals surface area contributed by atoms with Crippen LogP contribution >= 0.6 is 0 Å². The fourth-order valence-corrected chi connectivity index (χ4v) is 2.14. The van der Waals surface area contributed by atoms with Crippen molar-refractivity contribution in [2.24, 2.45) is 5.92 Å². The molecule has 1 fully saturated rings. The summed E-state index contributed by atoms with van der Waals surface area (Å²) in [6, 6.07) is 0.673. The van der Waals surface area contributed by atoms with Gasteiger partial charge in [0.15, 0.2) is 0 Å². The third-order valence-electron chi connectivity index (χ3n) is 3.24. The standard InChI is InChI=1S/C11H20N4/c1-3-15-11(13-8-14-15)7-6-10(12-2)9-4-5-9/h8-10,12H,3-7H2,1-2H3. The monoisotopic (exact) mass is 208 g/mol. The van der Waals surface area contributed by atoms with Gasteiger partial charge in [0, 0.05) is 19.0 Å². The van der Waals surface area contributed by atoms with E-state index in [4.69, 9.17) is 0 Å². The molecule has 1 saturated carbocycles. The molecule has 15 heavy (non-hydrogen) atoms. The van der Waals surface area contributed by atoms with E-state index in [-0.39, 0.29) is 0 Å². The molecule has 0 aromatic carbocycles. The number of hydrogen-bond acceptors (Lipinski definition) is 3. The largest absolute Gasteiger partial charge is 0.317 e. The number of nitrogens with zero attached hydrogens (tertiary/aromatic N) is 3. The predicted octanol–water partition coefficient (Wildman–Crippen LogP) is 1.23. The molecule has 0 bridgehead atoms. The Balaban J connectivity index is 1.85. The van der Waals surface area contributed by atoms with Gasteiger partial charge >= 0.3 is 0 Å². The number of hydrogen-bond donors (Lipinski definition) is 1. The average molecular weight is 208 g/mol. The van der Waals surface area contributed by atoms with Crippen molar-refractivity contribution in [1.82, 2.24) is 20.1 Å². The molecule has 1 aliphatic rings. The maximum absolute atomic E-state index is 4.30. The fourth-order valence-electron chi connectivity index (χ4n) is 2.14. The Labute approximate surface area is 91.1 Å². The normalized spacial score (nSPS) is 18.0. The second kappa shape index (κ2) is 4.75. The van der Waals surface area contributed by atoms with E-state index in [9.17, 15) is 0 Å². The Morgan fingerprint density at radius 3 is 3.00 bits per heavy atom. The van der Waals surface area contributed by atoms with Gasteiger partial charge in [-0.1, -0.05) is 0 Å². The van der Waals surface area contributed by atoms with Crippen LogP contribution < -0.4 is 5.32 Å². The van der Waals surface area contributed by atoms with Crippen molar-refractivity contribution in [3.05, 3.63) is 12.2 Å². The molecule has 0 aliphatic heterocycles. The third-order valence-corrected chi connectivity index (χ3v) is 3.24. The third kappa shape index (κ3) is 2.56. The summed E-state index contributed by atoms with van der Waals surface area (Å²) < 4.78 is 1.99. The van der Waals surface area contributed by atoms with Gasteiger partial charge in [-0.2, -0.15) is 5.10 Å². The van der Waals surface area contributed by atoms with E-state index in [1.54, 1.807) is 6.33 Å². The molecule has 1 heterocycles. The lowest BCUT2D eigenvalue weighted by atomic mass is 10.1. The molecule has 1 aromatic heterocycles. The molecule has 1 aliphatic carbocycles. The van der Waals surface area contributed by atoms with Crippen LogP contribution in [0.4, 0.5) is 0 Å². The van der Waals surface area contributed by atoms with Crippen LogP contribution in [0.5, 0.6) is 0 Å². The van der Waals surface area contributed by atoms with Crippen LogP contribution in [0.2, 0.25) is 0 Å². The van der Waals surface area contributed by atoms with Crippen LogP contribution in [0, 0.1) is 5.92 Å². The Morgan fingerprint density at radius 2 is 2.40 bits per heavy atom. The van der Waals surface area contributed by atoms with Gasteiger partial charge < -0.3 is 5.32 Å². The molecule has 0 saturated heterocycles. The van der Waals surface area contributed by atoms with Crippen molar-refractivity contribution in [1.29, 1.82) is 0 Å². The van der Waals surface area contributed by atoms with Gasteiger partial charge in [-0.25, -0.2) is 4.98 Å². The fraction of sp³-hybridized carbons (Fsp3) is 0.818. The van der Waals surface area contributed by atoms with Crippen molar-refractivity contribution in [3.8, 4) is 0 Å². The van der Waals surface area contributed by atoms with Gasteiger partial charge in [0.05, 0.1) is 0 Å². The minimum absolute atomic E-state index is 0.673. The minimum atomic E-state index is 0.673. The zero-order valence-electron chi connectivity index (χ0n) is 9.61. The topological polar surface area (TPSA) is 42.7 Å². The summed E-state index contributed by atoms with van der Waals surface area (Å²) in [5, 5.41) is 7.59. The molecule has 2 rings (SSSR count). The maximum Gasteiger partial charge on any atom is 0.138 e. The molecule has 1 atom stereocenters. The lowest BCUT2D eigenvalue weighted by Gasteiger charge is -2.14. The van der Waals surface area contributed by atoms with Crippen molar-refractivity contribution in [2.45, 2.75) is 45.2 Å². The minimum Gasteiger partial charge on any atom is -0.317 e. The molecule has 1 unspecified atom stereocenters. The van der Waals surface area contributed by atoms with Crippen LogP contribution in [-0.2, 0) is 13.0 Å². The Bertz CT molecular complexity index is 303. The first-order chi connectivity index (χ1) is 7.35. The van der Waals surface area contributed by atoms with Crippen molar-refractivity contribution in [3.63, 3.8) is 0 Å². The van der Waals surface area contributed by atoms with Crippen LogP contribution in [0.1, 0.15) is 32.0 Å². The zero-order valence-corrected chi connectivity index (χ0v) is 9.61. The summed E-state index contributed by atoms with van der Waals surface area (Å²) in [7, 11) is 2.06. The molecule has 0 amide bonds. The number of aryl methyl sites for hydroxylation is 2. The second-order valence-electron chi connectivity index (χ2n) is 4.26. The quantitative estimate of drug-likeness (QED) is 0.764. The molecule has 1 aromatic rings. The highest BCUT2D eigenvalue weighted by molar-refractivity contribution is 4.91. The van der Waals surface area contributed by atoms with Crippen LogP contribution in [-0.4, -0.2) is 27.9 Å². The summed E-state index contributed by atoms with van der Waals surface area (Å²) in [6.07, 6.45) is 6.66. The molecule has 84 valence electrons. The van der Waals surface area contributed by atoms with Gasteiger partial charge in [0.1, 0.15) is 12.2 Å². The molecule has 0 radical (unpaired) electrons. The van der Waals surface area contributed by atoms with E-state index in [1.807, 2.05) is 4.68 Å². The van der Waals surface area contributed by atoms with Crippen LogP contribution in [0.3, 0.4) is 0 Å². The summed E-state index contributed by atoms with van der Waals surface area (Å²) in [5.74, 6) is 2.03. The molecular formula is C11H20N4. The highest BCUT2D eigenvalue weighted by Gasteiger charge is 2.29. The van der Waals surface area contributed by atoms with E-state index in [1.165, 1.54) is 19.3 Å². The molecule has 4 heteroatoms. The summed E-state index contributed by atoms with van der Waals surface area (Å²) >= 11 is 0. The van der Waals surface area contributed by atoms with Gasteiger partial charge in [0.25, 0.3) is 0 Å². The van der Waals surface area contributed by atoms with Gasteiger partial charge in [-0.3, -0.25) is 4.68 Å². The first kappa shape index (κ1) is 10.6. The van der Waals surface area contributed by atoms with Gasteiger partial charge in [-0.15, -0.1) is 0 Å². The molecule has 4 nitrogen and oxygen atoms in total. The summed E-state index contributed by atoms with van der Waals surface area (Å²) in [4.78, 5) is 4.30. The maximum atomic E-state index is 4.30. The molecular weight excluding hydrogens is 188 g/mol. The predicted molar refractivity (Wildman–Crippen MR) is 59.6 cm³/mol. The summed E-state index contributed by atoms with van der Waals surface area (Å²) in [5.41, 5.74) is 0. The lowest BCUT2D eigenvalue weighted by Crippen LogP contribution is -2.28. The van der Waals surface area contributed by atoms with Crippen LogP contribution in [0.25, 0.3) is 0 Å². The Kier molecular flexibility index (Phi) is 3.36. The van der Waals surface area contributed by atoms with E-state index < -0.39 is 0 Å². The van der Waals surface area contributed by atoms with Crippen molar-refractivity contribution >= 4 is 0 Å². The van der Waals surface area contributed by atoms with Crippen LogP contribution in [0.15, 0.2) is 6.33 Å². The lowest BCUT2D eigenvalue weighted by molar-refractivity contribution is 0.458. The van der Waals surface area contributed by atoms with Gasteiger partial charge in [-0.05, 0) is 39.2 Å². The second-order valence-corrected chi connectivity index (χ2v) is 4.26. The van der Waals surface area contributed by atoms with Crippen molar-refractivity contribution < 1.29 is 0 Å². The van der Waals surface area contributed by atoms with E-state index in [0.717, 1.165) is 24.7 Å². The first-order valence-electron chi connectivity index (χ1n) is 5.89. The first-order valence-corrected chi connectivity index (χ1v) is 5.89. The molecule has 0 spiro atoms. The highest BCUT2D eigenvalue weighted by atomic mass is 15.3. The zero-order chi connectivity index (χ0) is 10.7. The highest BCUT2D eigenvalue weighted by Crippen LogP contribution is 2.34. The van der Waals surface area contributed by atoms with E-state index in [2.05, 4.69) is 29.4 Å². The van der Waals surface area contributed by atoms with Crippen molar-refractivity contribution in [2.75, 3.05) is 7.05 Å². The van der Waals surface area contributed by atoms with E-state index >= 15 is 0 Å². The average Bonchev–Trinajstić information content (AvgIpc) is 2.98. The number of nitrogens with one attached hydrogen (secondary N) is 1. The Morgan fingerprint density at radius 1 is 1.60 bits per heavy atom. The Hall–Kier alpha value is -0.900. The summed E-state index contributed by atoms with van der Waals surface area (Å²) in [6.45, 7) is 3.03. The SMILES string of the molecule is CCn1ncnc1CCC(NC)C1CC1. The molecule has 1 N–H and O–H groups in total. The van der Waals surface area contributed by atoms with Gasteiger partial charge in [0.2, 0.25) is 0 Å². The van der Waals surface area contributed by atoms with E-state index in [0.29, 0.717) is 6.04 Å². The number of rotatable bonds is 6.